The number of ether oxygens (including phenoxy) is 2. The molecule has 90 valence electrons. The van der Waals surface area contributed by atoms with Crippen molar-refractivity contribution in [2.24, 2.45) is 0 Å². The van der Waals surface area contributed by atoms with E-state index in [0.717, 1.165) is 45.0 Å². The molecule has 0 bridgehead atoms. The smallest absolute Gasteiger partial charge is 0.0589 e. The summed E-state index contributed by atoms with van der Waals surface area (Å²) >= 11 is 4.13. The van der Waals surface area contributed by atoms with Gasteiger partial charge in [-0.2, -0.15) is 12.6 Å². The van der Waals surface area contributed by atoms with Gasteiger partial charge in [-0.15, -0.1) is 0 Å². The van der Waals surface area contributed by atoms with Crippen LogP contribution in [0.25, 0.3) is 0 Å². The lowest BCUT2D eigenvalue weighted by atomic mass is 10.3. The second-order valence-corrected chi connectivity index (χ2v) is 3.66. The van der Waals surface area contributed by atoms with Gasteiger partial charge in [0.1, 0.15) is 0 Å². The number of hydrogen-bond donors (Lipinski definition) is 1. The molecule has 0 rings (SSSR count). The Kier molecular flexibility index (Phi) is 12.0. The highest BCUT2D eigenvalue weighted by atomic mass is 32.1. The van der Waals surface area contributed by atoms with Crippen LogP contribution >= 0.6 is 12.6 Å². The van der Waals surface area contributed by atoms with Crippen molar-refractivity contribution in [3.05, 3.63) is 12.2 Å². The quantitative estimate of drug-likeness (QED) is 0.351. The van der Waals surface area contributed by atoms with Crippen molar-refractivity contribution < 1.29 is 9.47 Å². The summed E-state index contributed by atoms with van der Waals surface area (Å²) in [5, 5.41) is 0. The first-order valence-electron chi connectivity index (χ1n) is 5.31. The normalized spacial score (nSPS) is 11.7. The molecule has 0 aromatic heterocycles. The Labute approximate surface area is 98.8 Å². The molecule has 0 fully saturated rings. The zero-order chi connectivity index (χ0) is 11.4. The molecule has 0 N–H and O–H groups in total. The van der Waals surface area contributed by atoms with Crippen LogP contribution in [0.1, 0.15) is 6.42 Å². The molecule has 0 heterocycles. The average Bonchev–Trinajstić information content (AvgIpc) is 2.25. The minimum Gasteiger partial charge on any atom is -0.385 e. The van der Waals surface area contributed by atoms with Gasteiger partial charge in [-0.25, -0.2) is 0 Å². The molecule has 0 aromatic carbocycles. The predicted octanol–water partition coefficient (Wildman–Crippen LogP) is 1.46. The first kappa shape index (κ1) is 15.0. The van der Waals surface area contributed by atoms with Gasteiger partial charge in [0.05, 0.1) is 6.61 Å². The van der Waals surface area contributed by atoms with E-state index in [9.17, 15) is 0 Å². The van der Waals surface area contributed by atoms with Crippen molar-refractivity contribution >= 4 is 12.6 Å². The molecule has 0 saturated heterocycles. The molecule has 0 unspecified atom stereocenters. The van der Waals surface area contributed by atoms with Gasteiger partial charge in [0, 0.05) is 46.2 Å². The molecule has 0 aliphatic rings. The summed E-state index contributed by atoms with van der Waals surface area (Å²) in [6.45, 7) is 4.58. The Hall–Kier alpha value is -0.0300. The molecule has 0 radical (unpaired) electrons. The Morgan fingerprint density at radius 1 is 1.07 bits per heavy atom. The van der Waals surface area contributed by atoms with Crippen molar-refractivity contribution in [2.45, 2.75) is 6.42 Å². The number of rotatable bonds is 10. The highest BCUT2D eigenvalue weighted by molar-refractivity contribution is 7.80. The predicted molar refractivity (Wildman–Crippen MR) is 67.8 cm³/mol. The largest absolute Gasteiger partial charge is 0.385 e. The third-order valence-corrected chi connectivity index (χ3v) is 2.28. The van der Waals surface area contributed by atoms with Gasteiger partial charge in [-0.1, -0.05) is 12.2 Å². The lowest BCUT2D eigenvalue weighted by molar-refractivity contribution is 0.139. The summed E-state index contributed by atoms with van der Waals surface area (Å²) in [7, 11) is 3.47. The molecule has 4 heteroatoms. The minimum atomic E-state index is 0.779. The van der Waals surface area contributed by atoms with Crippen LogP contribution in [0.2, 0.25) is 0 Å². The van der Waals surface area contributed by atoms with Crippen molar-refractivity contribution in [3.63, 3.8) is 0 Å². The zero-order valence-corrected chi connectivity index (χ0v) is 10.7. The van der Waals surface area contributed by atoms with E-state index in [1.807, 2.05) is 0 Å². The Morgan fingerprint density at radius 2 is 1.80 bits per heavy atom. The molecule has 0 amide bonds. The maximum absolute atomic E-state index is 5.07. The van der Waals surface area contributed by atoms with Gasteiger partial charge in [0.25, 0.3) is 0 Å². The van der Waals surface area contributed by atoms with Gasteiger partial charge in [0.15, 0.2) is 0 Å². The van der Waals surface area contributed by atoms with Crippen molar-refractivity contribution in [1.82, 2.24) is 4.90 Å². The minimum absolute atomic E-state index is 0.779. The zero-order valence-electron chi connectivity index (χ0n) is 9.82. The van der Waals surface area contributed by atoms with E-state index < -0.39 is 0 Å². The number of hydrogen-bond acceptors (Lipinski definition) is 4. The van der Waals surface area contributed by atoms with Crippen molar-refractivity contribution in [2.75, 3.05) is 52.8 Å². The maximum atomic E-state index is 5.07. The van der Waals surface area contributed by atoms with Gasteiger partial charge in [-0.05, 0) is 6.42 Å². The SMILES string of the molecule is COCCCN(CC=CCS)CCOC. The summed E-state index contributed by atoms with van der Waals surface area (Å²) < 4.78 is 10.1. The summed E-state index contributed by atoms with van der Waals surface area (Å²) in [4.78, 5) is 2.35. The Balaban J connectivity index is 3.67. The van der Waals surface area contributed by atoms with Crippen LogP contribution in [-0.4, -0.2) is 57.7 Å². The monoisotopic (exact) mass is 233 g/mol. The fourth-order valence-electron chi connectivity index (χ4n) is 1.25. The fraction of sp³-hybridized carbons (Fsp3) is 0.818. The van der Waals surface area contributed by atoms with E-state index in [2.05, 4.69) is 29.7 Å². The average molecular weight is 233 g/mol. The van der Waals surface area contributed by atoms with Crippen LogP contribution < -0.4 is 0 Å². The Bertz CT molecular complexity index is 154. The number of methoxy groups -OCH3 is 2. The summed E-state index contributed by atoms with van der Waals surface area (Å²) in [5.74, 6) is 0.802. The van der Waals surface area contributed by atoms with E-state index in [0.29, 0.717) is 0 Å². The van der Waals surface area contributed by atoms with Crippen LogP contribution in [0, 0.1) is 0 Å². The second-order valence-electron chi connectivity index (χ2n) is 3.29. The van der Waals surface area contributed by atoms with E-state index >= 15 is 0 Å². The van der Waals surface area contributed by atoms with E-state index in [1.165, 1.54) is 0 Å². The summed E-state index contributed by atoms with van der Waals surface area (Å²) in [6, 6.07) is 0. The molecule has 15 heavy (non-hydrogen) atoms. The van der Waals surface area contributed by atoms with E-state index in [4.69, 9.17) is 9.47 Å². The van der Waals surface area contributed by atoms with Gasteiger partial charge in [0.2, 0.25) is 0 Å². The van der Waals surface area contributed by atoms with Crippen molar-refractivity contribution in [1.29, 1.82) is 0 Å². The first-order valence-corrected chi connectivity index (χ1v) is 5.94. The van der Waals surface area contributed by atoms with Gasteiger partial charge >= 0.3 is 0 Å². The molecular weight excluding hydrogens is 210 g/mol. The third kappa shape index (κ3) is 10.3. The highest BCUT2D eigenvalue weighted by Crippen LogP contribution is 1.94. The van der Waals surface area contributed by atoms with Gasteiger partial charge < -0.3 is 9.47 Å². The molecule has 0 aromatic rings. The molecule has 0 spiro atoms. The van der Waals surface area contributed by atoms with Crippen LogP contribution in [0.3, 0.4) is 0 Å². The first-order chi connectivity index (χ1) is 7.35. The van der Waals surface area contributed by atoms with Crippen LogP contribution in [0.5, 0.6) is 0 Å². The third-order valence-electron chi connectivity index (χ3n) is 2.07. The maximum Gasteiger partial charge on any atom is 0.0589 e. The van der Waals surface area contributed by atoms with Crippen molar-refractivity contribution in [3.8, 4) is 0 Å². The lowest BCUT2D eigenvalue weighted by Crippen LogP contribution is -2.29. The standard InChI is InChI=1S/C11H23NO2S/c1-13-9-5-7-12(8-10-14-2)6-3-4-11-15/h3-4,15H,5-11H2,1-2H3. The lowest BCUT2D eigenvalue weighted by Gasteiger charge is -2.19. The molecular formula is C11H23NO2S. The van der Waals surface area contributed by atoms with Crippen LogP contribution in [0.15, 0.2) is 12.2 Å². The fourth-order valence-corrected chi connectivity index (χ4v) is 1.39. The molecule has 3 nitrogen and oxygen atoms in total. The second kappa shape index (κ2) is 12.0. The summed E-state index contributed by atoms with van der Waals surface area (Å²) in [5.41, 5.74) is 0. The van der Waals surface area contributed by atoms with E-state index in [-0.39, 0.29) is 0 Å². The molecule has 0 aliphatic heterocycles. The molecule has 0 aliphatic carbocycles. The number of nitrogens with zero attached hydrogens (tertiary/aromatic N) is 1. The van der Waals surface area contributed by atoms with Gasteiger partial charge in [-0.3, -0.25) is 4.90 Å². The number of thiol groups is 1. The highest BCUT2D eigenvalue weighted by Gasteiger charge is 2.01. The van der Waals surface area contributed by atoms with Crippen LogP contribution in [-0.2, 0) is 9.47 Å². The van der Waals surface area contributed by atoms with Crippen LogP contribution in [0.4, 0.5) is 0 Å². The topological polar surface area (TPSA) is 21.7 Å². The molecule has 0 saturated carbocycles. The van der Waals surface area contributed by atoms with E-state index in [1.54, 1.807) is 14.2 Å². The summed E-state index contributed by atoms with van der Waals surface area (Å²) in [6.07, 6.45) is 5.28. The Morgan fingerprint density at radius 3 is 2.40 bits per heavy atom. The molecule has 0 atom stereocenters.